The summed E-state index contributed by atoms with van der Waals surface area (Å²) in [7, 11) is 0. The van der Waals surface area contributed by atoms with Crippen LogP contribution in [0.15, 0.2) is 78.9 Å². The lowest BCUT2D eigenvalue weighted by atomic mass is 9.88. The minimum Gasteiger partial charge on any atom is -0.454 e. The molecular formula is C34H35N3O7. The second kappa shape index (κ2) is 14.5. The molecule has 44 heavy (non-hydrogen) atoms. The van der Waals surface area contributed by atoms with Crippen LogP contribution in [0, 0.1) is 11.8 Å². The number of amides is 3. The molecule has 2 heterocycles. The Morgan fingerprint density at radius 3 is 2.32 bits per heavy atom. The Morgan fingerprint density at radius 2 is 1.59 bits per heavy atom. The van der Waals surface area contributed by atoms with E-state index in [9.17, 15) is 24.0 Å². The zero-order valence-corrected chi connectivity index (χ0v) is 24.3. The normalized spacial score (nSPS) is 16.7. The molecule has 0 bridgehead atoms. The van der Waals surface area contributed by atoms with E-state index in [-0.39, 0.29) is 44.3 Å². The Balaban J connectivity index is 1.34. The molecule has 2 aliphatic rings. The highest BCUT2D eigenvalue weighted by molar-refractivity contribution is 6.38. The quantitative estimate of drug-likeness (QED) is 0.203. The Bertz CT molecular complexity index is 1510. The molecule has 2 aliphatic heterocycles. The van der Waals surface area contributed by atoms with E-state index >= 15 is 0 Å². The van der Waals surface area contributed by atoms with E-state index < -0.39 is 35.5 Å². The first kappa shape index (κ1) is 30.5. The average Bonchev–Trinajstić information content (AvgIpc) is 3.53. The number of carbonyl (C=O) groups is 5. The number of piperidine rings is 1. The Morgan fingerprint density at radius 1 is 0.886 bits per heavy atom. The number of nitrogens with one attached hydrogen (secondary N) is 3. The monoisotopic (exact) mass is 597 g/mol. The van der Waals surface area contributed by atoms with Gasteiger partial charge in [0.05, 0.1) is 6.04 Å². The van der Waals surface area contributed by atoms with Gasteiger partial charge in [0, 0.05) is 36.9 Å². The molecule has 228 valence electrons. The van der Waals surface area contributed by atoms with Gasteiger partial charge < -0.3 is 25.4 Å². The fourth-order valence-corrected chi connectivity index (χ4v) is 5.46. The van der Waals surface area contributed by atoms with Crippen molar-refractivity contribution in [2.75, 3.05) is 13.3 Å². The molecule has 0 spiro atoms. The predicted molar refractivity (Wildman–Crippen MR) is 161 cm³/mol. The van der Waals surface area contributed by atoms with Crippen molar-refractivity contribution in [2.45, 2.75) is 44.7 Å². The van der Waals surface area contributed by atoms with Gasteiger partial charge in [0.15, 0.2) is 17.3 Å². The second-order valence-electron chi connectivity index (χ2n) is 11.0. The highest BCUT2D eigenvalue weighted by Crippen LogP contribution is 2.33. The van der Waals surface area contributed by atoms with Crippen molar-refractivity contribution in [1.82, 2.24) is 16.0 Å². The van der Waals surface area contributed by atoms with Gasteiger partial charge in [-0.1, -0.05) is 60.7 Å². The summed E-state index contributed by atoms with van der Waals surface area (Å²) >= 11 is 0. The molecule has 1 fully saturated rings. The first-order valence-corrected chi connectivity index (χ1v) is 14.8. The third-order valence-corrected chi connectivity index (χ3v) is 7.89. The van der Waals surface area contributed by atoms with Crippen LogP contribution < -0.4 is 25.4 Å². The van der Waals surface area contributed by atoms with Gasteiger partial charge in [-0.3, -0.25) is 24.0 Å². The minimum absolute atomic E-state index is 0.0245. The maximum absolute atomic E-state index is 13.8. The van der Waals surface area contributed by atoms with Crippen molar-refractivity contribution < 1.29 is 33.4 Å². The molecule has 0 radical (unpaired) electrons. The van der Waals surface area contributed by atoms with Crippen molar-refractivity contribution in [3.05, 3.63) is 95.6 Å². The van der Waals surface area contributed by atoms with E-state index in [0.717, 1.165) is 17.5 Å². The molecule has 3 aromatic rings. The SMILES string of the molecule is O=C(NCc1ccccc1)C(=O)[C@H](C[C@@H]1CCCNC1=O)NC(=O)[C@@H](CC(=O)c1ccc2c(c1)OCO2)Cc1ccccc1. The highest BCUT2D eigenvalue weighted by atomic mass is 16.7. The first-order valence-electron chi connectivity index (χ1n) is 14.8. The van der Waals surface area contributed by atoms with Crippen molar-refractivity contribution in [3.8, 4) is 11.5 Å². The van der Waals surface area contributed by atoms with Crippen molar-refractivity contribution >= 4 is 29.3 Å². The maximum atomic E-state index is 13.8. The second-order valence-corrected chi connectivity index (χ2v) is 11.0. The lowest BCUT2D eigenvalue weighted by molar-refractivity contribution is -0.141. The summed E-state index contributed by atoms with van der Waals surface area (Å²) < 4.78 is 10.7. The summed E-state index contributed by atoms with van der Waals surface area (Å²) in [4.78, 5) is 66.3. The molecule has 3 amide bonds. The largest absolute Gasteiger partial charge is 0.454 e. The molecule has 0 aromatic heterocycles. The fourth-order valence-electron chi connectivity index (χ4n) is 5.46. The summed E-state index contributed by atoms with van der Waals surface area (Å²) in [6.45, 7) is 0.745. The number of hydrogen-bond donors (Lipinski definition) is 3. The number of rotatable bonds is 13. The number of benzene rings is 3. The van der Waals surface area contributed by atoms with E-state index in [2.05, 4.69) is 16.0 Å². The Hall–Kier alpha value is -4.99. The van der Waals surface area contributed by atoms with E-state index in [1.807, 2.05) is 60.7 Å². The van der Waals surface area contributed by atoms with Crippen molar-refractivity contribution in [3.63, 3.8) is 0 Å². The fraction of sp³-hybridized carbons (Fsp3) is 0.324. The van der Waals surface area contributed by atoms with Crippen LogP contribution in [0.3, 0.4) is 0 Å². The molecule has 3 N–H and O–H groups in total. The Labute approximate surface area is 255 Å². The molecule has 1 saturated heterocycles. The molecule has 10 nitrogen and oxygen atoms in total. The highest BCUT2D eigenvalue weighted by Gasteiger charge is 2.35. The van der Waals surface area contributed by atoms with E-state index in [1.54, 1.807) is 18.2 Å². The summed E-state index contributed by atoms with van der Waals surface area (Å²) in [5, 5.41) is 8.18. The van der Waals surface area contributed by atoms with Gasteiger partial charge in [-0.25, -0.2) is 0 Å². The van der Waals surface area contributed by atoms with Gasteiger partial charge in [-0.2, -0.15) is 0 Å². The van der Waals surface area contributed by atoms with E-state index in [4.69, 9.17) is 9.47 Å². The van der Waals surface area contributed by atoms with Crippen LogP contribution in [0.5, 0.6) is 11.5 Å². The number of ketones is 2. The molecule has 10 heteroatoms. The topological polar surface area (TPSA) is 140 Å². The lowest BCUT2D eigenvalue weighted by Gasteiger charge is -2.27. The third kappa shape index (κ3) is 7.89. The zero-order chi connectivity index (χ0) is 30.9. The minimum atomic E-state index is -1.24. The molecular weight excluding hydrogens is 562 g/mol. The molecule has 0 saturated carbocycles. The Kier molecular flexibility index (Phi) is 10.0. The molecule has 5 rings (SSSR count). The van der Waals surface area contributed by atoms with Gasteiger partial charge in [-0.15, -0.1) is 0 Å². The van der Waals surface area contributed by atoms with Crippen molar-refractivity contribution in [2.24, 2.45) is 11.8 Å². The number of carbonyl (C=O) groups excluding carboxylic acids is 5. The van der Waals surface area contributed by atoms with Crippen LogP contribution in [-0.2, 0) is 32.1 Å². The van der Waals surface area contributed by atoms with Crippen molar-refractivity contribution in [1.29, 1.82) is 0 Å². The van der Waals surface area contributed by atoms with Crippen LogP contribution in [0.1, 0.15) is 47.2 Å². The molecule has 0 unspecified atom stereocenters. The maximum Gasteiger partial charge on any atom is 0.289 e. The summed E-state index contributed by atoms with van der Waals surface area (Å²) in [6.07, 6.45) is 1.32. The number of Topliss-reactive ketones (excluding diaryl/α,β-unsaturated/α-hetero) is 2. The van der Waals surface area contributed by atoms with Gasteiger partial charge in [0.2, 0.25) is 24.4 Å². The van der Waals surface area contributed by atoms with Gasteiger partial charge in [-0.05, 0) is 55.0 Å². The van der Waals surface area contributed by atoms with Crippen LogP contribution in [0.25, 0.3) is 0 Å². The summed E-state index contributed by atoms with van der Waals surface area (Å²) in [6, 6.07) is 22.0. The van der Waals surface area contributed by atoms with E-state index in [0.29, 0.717) is 30.0 Å². The van der Waals surface area contributed by atoms with Gasteiger partial charge in [0.1, 0.15) is 0 Å². The molecule has 3 aromatic carbocycles. The smallest absolute Gasteiger partial charge is 0.289 e. The number of hydrogen-bond acceptors (Lipinski definition) is 7. The molecule has 3 atom stereocenters. The lowest BCUT2D eigenvalue weighted by Crippen LogP contribution is -2.51. The van der Waals surface area contributed by atoms with Crippen LogP contribution in [0.4, 0.5) is 0 Å². The van der Waals surface area contributed by atoms with Gasteiger partial charge in [0.25, 0.3) is 5.91 Å². The van der Waals surface area contributed by atoms with Crippen LogP contribution >= 0.6 is 0 Å². The number of ether oxygens (including phenoxy) is 2. The number of fused-ring (bicyclic) bond motifs is 1. The summed E-state index contributed by atoms with van der Waals surface area (Å²) in [5.74, 6) is -3.13. The zero-order valence-electron chi connectivity index (χ0n) is 24.3. The van der Waals surface area contributed by atoms with Crippen LogP contribution in [0.2, 0.25) is 0 Å². The average molecular weight is 598 g/mol. The third-order valence-electron chi connectivity index (χ3n) is 7.89. The standard InChI is InChI=1S/C34H35N3O7/c38-28(24-13-14-29-30(19-24)44-21-43-29)18-26(16-22-8-3-1-4-9-22)33(41)37-27(17-25-12-7-15-35-32(25)40)31(39)34(42)36-20-23-10-5-2-6-11-23/h1-6,8-11,13-14,19,25-27H,7,12,15-18,20-21H2,(H,35,40)(H,36,42)(H,37,41)/t25-,26+,27-/m0/s1. The van der Waals surface area contributed by atoms with Gasteiger partial charge >= 0.3 is 0 Å². The van der Waals surface area contributed by atoms with Crippen LogP contribution in [-0.4, -0.2) is 48.7 Å². The molecule has 0 aliphatic carbocycles. The predicted octanol–water partition coefficient (Wildman–Crippen LogP) is 3.13. The first-order chi connectivity index (χ1) is 21.4. The summed E-state index contributed by atoms with van der Waals surface area (Å²) in [5.41, 5.74) is 2.01. The van der Waals surface area contributed by atoms with E-state index in [1.165, 1.54) is 0 Å².